The SMILES string of the molecule is O=S(=O)(NCC1CCCCC1O)c1cc(Cl)ccc1Cl. The lowest BCUT2D eigenvalue weighted by molar-refractivity contribution is 0.0724. The van der Waals surface area contributed by atoms with Crippen LogP contribution in [0.1, 0.15) is 25.7 Å². The second kappa shape index (κ2) is 6.62. The predicted molar refractivity (Wildman–Crippen MR) is 79.6 cm³/mol. The third kappa shape index (κ3) is 3.86. The Morgan fingerprint density at radius 2 is 1.95 bits per heavy atom. The molecular formula is C13H17Cl2NO3S. The van der Waals surface area contributed by atoms with Gasteiger partial charge in [0.05, 0.1) is 11.1 Å². The first-order chi connectivity index (χ1) is 9.40. The van der Waals surface area contributed by atoms with E-state index in [2.05, 4.69) is 4.72 Å². The van der Waals surface area contributed by atoms with Gasteiger partial charge in [-0.1, -0.05) is 36.0 Å². The molecule has 1 aliphatic rings. The maximum Gasteiger partial charge on any atom is 0.242 e. The molecule has 1 fully saturated rings. The smallest absolute Gasteiger partial charge is 0.242 e. The molecule has 2 unspecified atom stereocenters. The summed E-state index contributed by atoms with van der Waals surface area (Å²) in [6, 6.07) is 4.31. The Morgan fingerprint density at radius 1 is 1.25 bits per heavy atom. The summed E-state index contributed by atoms with van der Waals surface area (Å²) in [5.41, 5.74) is 0. The Balaban J connectivity index is 2.09. The van der Waals surface area contributed by atoms with Crippen LogP contribution in [0.15, 0.2) is 23.1 Å². The van der Waals surface area contributed by atoms with Crippen molar-refractivity contribution in [3.05, 3.63) is 28.2 Å². The number of hydrogen-bond donors (Lipinski definition) is 2. The average Bonchev–Trinajstić information content (AvgIpc) is 2.40. The molecule has 1 aromatic rings. The van der Waals surface area contributed by atoms with Crippen molar-refractivity contribution in [3.8, 4) is 0 Å². The van der Waals surface area contributed by atoms with Crippen molar-refractivity contribution in [3.63, 3.8) is 0 Å². The van der Waals surface area contributed by atoms with Gasteiger partial charge in [0.15, 0.2) is 0 Å². The van der Waals surface area contributed by atoms with Gasteiger partial charge in [-0.15, -0.1) is 0 Å². The van der Waals surface area contributed by atoms with Crippen molar-refractivity contribution in [2.45, 2.75) is 36.7 Å². The van der Waals surface area contributed by atoms with Gasteiger partial charge < -0.3 is 5.11 Å². The van der Waals surface area contributed by atoms with E-state index < -0.39 is 16.1 Å². The molecule has 1 aromatic carbocycles. The first kappa shape index (κ1) is 16.0. The fourth-order valence-corrected chi connectivity index (χ4v) is 4.26. The van der Waals surface area contributed by atoms with Gasteiger partial charge >= 0.3 is 0 Å². The summed E-state index contributed by atoms with van der Waals surface area (Å²) < 4.78 is 27.0. The molecule has 2 atom stereocenters. The van der Waals surface area contributed by atoms with E-state index >= 15 is 0 Å². The summed E-state index contributed by atoms with van der Waals surface area (Å²) in [6.07, 6.45) is 3.12. The first-order valence-electron chi connectivity index (χ1n) is 6.53. The van der Waals surface area contributed by atoms with Gasteiger partial charge in [-0.2, -0.15) is 0 Å². The van der Waals surface area contributed by atoms with Crippen LogP contribution in [0, 0.1) is 5.92 Å². The summed E-state index contributed by atoms with van der Waals surface area (Å²) in [6.45, 7) is 0.215. The van der Waals surface area contributed by atoms with Crippen LogP contribution < -0.4 is 4.72 Å². The lowest BCUT2D eigenvalue weighted by atomic mass is 9.87. The molecule has 0 heterocycles. The standard InChI is InChI=1S/C13H17Cl2NO3S/c14-10-5-6-11(15)13(7-10)20(18,19)16-8-9-3-1-2-4-12(9)17/h5-7,9,12,16-17H,1-4,8H2. The van der Waals surface area contributed by atoms with E-state index in [0.29, 0.717) is 5.02 Å². The largest absolute Gasteiger partial charge is 0.393 e. The second-order valence-corrected chi connectivity index (χ2v) is 7.62. The van der Waals surface area contributed by atoms with Crippen molar-refractivity contribution < 1.29 is 13.5 Å². The molecule has 0 bridgehead atoms. The zero-order valence-corrected chi connectivity index (χ0v) is 13.2. The van der Waals surface area contributed by atoms with Crippen molar-refractivity contribution in [1.82, 2.24) is 4.72 Å². The molecule has 0 spiro atoms. The van der Waals surface area contributed by atoms with Crippen LogP contribution in [0.5, 0.6) is 0 Å². The summed E-state index contributed by atoms with van der Waals surface area (Å²) in [7, 11) is -3.71. The van der Waals surface area contributed by atoms with Gasteiger partial charge in [-0.3, -0.25) is 0 Å². The van der Waals surface area contributed by atoms with Gasteiger partial charge in [0.25, 0.3) is 0 Å². The van der Waals surface area contributed by atoms with Crippen molar-refractivity contribution >= 4 is 33.2 Å². The highest BCUT2D eigenvalue weighted by Gasteiger charge is 2.26. The zero-order valence-electron chi connectivity index (χ0n) is 10.9. The minimum absolute atomic E-state index is 0.0306. The molecule has 7 heteroatoms. The number of rotatable bonds is 4. The number of aliphatic hydroxyl groups excluding tert-OH is 1. The molecule has 0 saturated heterocycles. The third-order valence-corrected chi connectivity index (χ3v) is 5.73. The number of nitrogens with one attached hydrogen (secondary N) is 1. The third-order valence-electron chi connectivity index (χ3n) is 3.59. The maximum absolute atomic E-state index is 12.2. The minimum Gasteiger partial charge on any atom is -0.393 e. The number of hydrogen-bond acceptors (Lipinski definition) is 3. The summed E-state index contributed by atoms with van der Waals surface area (Å²) >= 11 is 11.7. The van der Waals surface area contributed by atoms with Gasteiger partial charge in [0, 0.05) is 11.6 Å². The number of halogens is 2. The molecule has 1 saturated carbocycles. The van der Waals surface area contributed by atoms with E-state index in [1.807, 2.05) is 0 Å². The van der Waals surface area contributed by atoms with Gasteiger partial charge in [0.2, 0.25) is 10.0 Å². The predicted octanol–water partition coefficient (Wildman–Crippen LogP) is 2.82. The molecule has 0 radical (unpaired) electrons. The van der Waals surface area contributed by atoms with E-state index in [0.717, 1.165) is 25.7 Å². The topological polar surface area (TPSA) is 66.4 Å². The van der Waals surface area contributed by atoms with Crippen molar-refractivity contribution in [1.29, 1.82) is 0 Å². The second-order valence-electron chi connectivity index (χ2n) is 5.04. The van der Waals surface area contributed by atoms with Crippen LogP contribution in [0.25, 0.3) is 0 Å². The summed E-state index contributed by atoms with van der Waals surface area (Å²) in [5, 5.41) is 10.3. The molecular weight excluding hydrogens is 321 g/mol. The molecule has 112 valence electrons. The van der Waals surface area contributed by atoms with Crippen LogP contribution in [-0.4, -0.2) is 26.2 Å². The van der Waals surface area contributed by atoms with E-state index in [9.17, 15) is 13.5 Å². The van der Waals surface area contributed by atoms with Crippen LogP contribution >= 0.6 is 23.2 Å². The Labute approximate surface area is 129 Å². The monoisotopic (exact) mass is 337 g/mol. The van der Waals surface area contributed by atoms with E-state index in [1.54, 1.807) is 0 Å². The summed E-state index contributed by atoms with van der Waals surface area (Å²) in [5.74, 6) is -0.0449. The lowest BCUT2D eigenvalue weighted by Gasteiger charge is -2.27. The Hall–Kier alpha value is -0.330. The van der Waals surface area contributed by atoms with Crippen LogP contribution in [0.2, 0.25) is 10.0 Å². The van der Waals surface area contributed by atoms with Crippen LogP contribution in [0.4, 0.5) is 0 Å². The molecule has 0 aromatic heterocycles. The molecule has 0 amide bonds. The molecule has 20 heavy (non-hydrogen) atoms. The maximum atomic E-state index is 12.2. The van der Waals surface area contributed by atoms with Gasteiger partial charge in [-0.25, -0.2) is 13.1 Å². The highest BCUT2D eigenvalue weighted by atomic mass is 35.5. The fourth-order valence-electron chi connectivity index (χ4n) is 2.40. The lowest BCUT2D eigenvalue weighted by Crippen LogP contribution is -2.36. The number of sulfonamides is 1. The van der Waals surface area contributed by atoms with Gasteiger partial charge in [-0.05, 0) is 37.0 Å². The Bertz CT molecular complexity index is 577. The zero-order chi connectivity index (χ0) is 14.8. The van der Waals surface area contributed by atoms with E-state index in [-0.39, 0.29) is 22.4 Å². The van der Waals surface area contributed by atoms with E-state index in [1.165, 1.54) is 18.2 Å². The fraction of sp³-hybridized carbons (Fsp3) is 0.538. The Morgan fingerprint density at radius 3 is 2.65 bits per heavy atom. The van der Waals surface area contributed by atoms with E-state index in [4.69, 9.17) is 23.2 Å². The molecule has 2 rings (SSSR count). The van der Waals surface area contributed by atoms with Gasteiger partial charge in [0.1, 0.15) is 4.90 Å². The molecule has 0 aliphatic heterocycles. The number of aliphatic hydroxyl groups is 1. The van der Waals surface area contributed by atoms with Crippen molar-refractivity contribution in [2.24, 2.45) is 5.92 Å². The average molecular weight is 338 g/mol. The highest BCUT2D eigenvalue weighted by molar-refractivity contribution is 7.89. The first-order valence-corrected chi connectivity index (χ1v) is 8.77. The number of benzene rings is 1. The summed E-state index contributed by atoms with van der Waals surface area (Å²) in [4.78, 5) is -0.0306. The molecule has 4 nitrogen and oxygen atoms in total. The molecule has 2 N–H and O–H groups in total. The van der Waals surface area contributed by atoms with Crippen molar-refractivity contribution in [2.75, 3.05) is 6.54 Å². The molecule has 1 aliphatic carbocycles. The normalized spacial score (nSPS) is 23.8. The highest BCUT2D eigenvalue weighted by Crippen LogP contribution is 2.27. The van der Waals surface area contributed by atoms with Crippen LogP contribution in [-0.2, 0) is 10.0 Å². The quantitative estimate of drug-likeness (QED) is 0.887. The Kier molecular flexibility index (Phi) is 5.31. The minimum atomic E-state index is -3.71. The van der Waals surface area contributed by atoms with Crippen LogP contribution in [0.3, 0.4) is 0 Å².